The van der Waals surface area contributed by atoms with Crippen molar-refractivity contribution in [2.24, 2.45) is 0 Å². The molecular weight excluding hydrogens is 344 g/mol. The number of rotatable bonds is 5. The number of aromatic nitrogens is 3. The Bertz CT molecular complexity index is 848. The van der Waals surface area contributed by atoms with Gasteiger partial charge in [-0.05, 0) is 37.3 Å². The Morgan fingerprint density at radius 1 is 1.25 bits per heavy atom. The Morgan fingerprint density at radius 2 is 2.04 bits per heavy atom. The molecule has 1 amide bonds. The number of anilines is 1. The second kappa shape index (κ2) is 7.51. The Morgan fingerprint density at radius 3 is 2.79 bits per heavy atom. The molecule has 0 aliphatic rings. The molecule has 0 aliphatic carbocycles. The van der Waals surface area contributed by atoms with E-state index in [2.05, 4.69) is 15.5 Å². The Hall–Kier alpha value is -2.31. The first kappa shape index (κ1) is 16.5. The van der Waals surface area contributed by atoms with Crippen molar-refractivity contribution in [2.45, 2.75) is 12.1 Å². The fourth-order valence-electron chi connectivity index (χ4n) is 2.10. The summed E-state index contributed by atoms with van der Waals surface area (Å²) in [5, 5.41) is 12.1. The fourth-order valence-corrected chi connectivity index (χ4v) is 3.02. The van der Waals surface area contributed by atoms with Crippen molar-refractivity contribution in [3.05, 3.63) is 65.4 Å². The molecule has 122 valence electrons. The Labute approximate surface area is 149 Å². The van der Waals surface area contributed by atoms with Gasteiger partial charge in [-0.3, -0.25) is 9.36 Å². The molecule has 0 fully saturated rings. The molecule has 0 saturated carbocycles. The zero-order valence-electron chi connectivity index (χ0n) is 12.9. The number of hydrogen-bond donors (Lipinski definition) is 1. The molecule has 3 rings (SSSR count). The lowest BCUT2D eigenvalue weighted by molar-refractivity contribution is -0.113. The van der Waals surface area contributed by atoms with E-state index < -0.39 is 0 Å². The summed E-state index contributed by atoms with van der Waals surface area (Å²) in [6.45, 7) is 2.03. The van der Waals surface area contributed by atoms with E-state index >= 15 is 0 Å². The van der Waals surface area contributed by atoms with E-state index in [9.17, 15) is 4.79 Å². The van der Waals surface area contributed by atoms with Crippen LogP contribution in [0.3, 0.4) is 0 Å². The summed E-state index contributed by atoms with van der Waals surface area (Å²) in [7, 11) is 0. The maximum absolute atomic E-state index is 12.1. The average molecular weight is 359 g/mol. The molecule has 1 heterocycles. The van der Waals surface area contributed by atoms with Gasteiger partial charge in [0.15, 0.2) is 5.16 Å². The molecule has 0 atom stereocenters. The van der Waals surface area contributed by atoms with Gasteiger partial charge in [-0.2, -0.15) is 0 Å². The monoisotopic (exact) mass is 358 g/mol. The number of hydrogen-bond acceptors (Lipinski definition) is 4. The summed E-state index contributed by atoms with van der Waals surface area (Å²) in [5.74, 6) is 0.109. The second-order valence-corrected chi connectivity index (χ2v) is 6.55. The van der Waals surface area contributed by atoms with Crippen molar-refractivity contribution in [2.75, 3.05) is 11.1 Å². The Kier molecular flexibility index (Phi) is 5.17. The van der Waals surface area contributed by atoms with Crippen molar-refractivity contribution in [3.8, 4) is 5.69 Å². The number of halogens is 1. The molecular formula is C17H15ClN4OS. The van der Waals surface area contributed by atoms with Crippen molar-refractivity contribution in [1.82, 2.24) is 14.8 Å². The van der Waals surface area contributed by atoms with Crippen LogP contribution >= 0.6 is 23.4 Å². The molecule has 1 aromatic heterocycles. The third kappa shape index (κ3) is 4.15. The summed E-state index contributed by atoms with van der Waals surface area (Å²) in [6.07, 6.45) is 1.64. The predicted molar refractivity (Wildman–Crippen MR) is 96.9 cm³/mol. The number of benzene rings is 2. The van der Waals surface area contributed by atoms with Crippen LogP contribution in [0.4, 0.5) is 5.69 Å². The SMILES string of the molecule is Cc1ccc(-n2cnnc2SCC(=O)Nc2cccc(Cl)c2)cc1. The van der Waals surface area contributed by atoms with E-state index in [0.29, 0.717) is 15.9 Å². The van der Waals surface area contributed by atoms with E-state index in [-0.39, 0.29) is 11.7 Å². The molecule has 0 radical (unpaired) electrons. The molecule has 0 saturated heterocycles. The van der Waals surface area contributed by atoms with Gasteiger partial charge in [0.05, 0.1) is 5.75 Å². The van der Waals surface area contributed by atoms with E-state index in [1.54, 1.807) is 30.6 Å². The highest BCUT2D eigenvalue weighted by Gasteiger charge is 2.10. The topological polar surface area (TPSA) is 59.8 Å². The third-order valence-electron chi connectivity index (χ3n) is 3.27. The lowest BCUT2D eigenvalue weighted by Gasteiger charge is -2.07. The molecule has 3 aromatic rings. The van der Waals surface area contributed by atoms with Crippen molar-refractivity contribution >= 4 is 35.0 Å². The van der Waals surface area contributed by atoms with Crippen LogP contribution in [0.2, 0.25) is 5.02 Å². The normalized spacial score (nSPS) is 10.6. The van der Waals surface area contributed by atoms with Crippen LogP contribution in [0.25, 0.3) is 5.69 Å². The van der Waals surface area contributed by atoms with Gasteiger partial charge in [-0.25, -0.2) is 0 Å². The van der Waals surface area contributed by atoms with Gasteiger partial charge in [0.2, 0.25) is 5.91 Å². The highest BCUT2D eigenvalue weighted by Crippen LogP contribution is 2.20. The molecule has 0 bridgehead atoms. The van der Waals surface area contributed by atoms with Gasteiger partial charge < -0.3 is 5.32 Å². The smallest absolute Gasteiger partial charge is 0.234 e. The van der Waals surface area contributed by atoms with Crippen LogP contribution in [0.5, 0.6) is 0 Å². The number of nitrogens with one attached hydrogen (secondary N) is 1. The predicted octanol–water partition coefficient (Wildman–Crippen LogP) is 3.96. The molecule has 0 unspecified atom stereocenters. The maximum Gasteiger partial charge on any atom is 0.234 e. The van der Waals surface area contributed by atoms with Crippen LogP contribution in [-0.4, -0.2) is 26.4 Å². The molecule has 2 aromatic carbocycles. The van der Waals surface area contributed by atoms with Gasteiger partial charge in [0.25, 0.3) is 0 Å². The van der Waals surface area contributed by atoms with E-state index in [1.807, 2.05) is 35.8 Å². The molecule has 24 heavy (non-hydrogen) atoms. The molecule has 1 N–H and O–H groups in total. The number of amides is 1. The number of carbonyl (C=O) groups is 1. The number of nitrogens with zero attached hydrogens (tertiary/aromatic N) is 3. The molecule has 0 aliphatic heterocycles. The first-order valence-electron chi connectivity index (χ1n) is 7.27. The summed E-state index contributed by atoms with van der Waals surface area (Å²) >= 11 is 7.24. The van der Waals surface area contributed by atoms with Gasteiger partial charge >= 0.3 is 0 Å². The minimum atomic E-state index is -0.124. The standard InChI is InChI=1S/C17H15ClN4OS/c1-12-5-7-15(8-6-12)22-11-19-21-17(22)24-10-16(23)20-14-4-2-3-13(18)9-14/h2-9,11H,10H2,1H3,(H,20,23). The highest BCUT2D eigenvalue weighted by molar-refractivity contribution is 7.99. The number of carbonyl (C=O) groups excluding carboxylic acids is 1. The lowest BCUT2D eigenvalue weighted by atomic mass is 10.2. The van der Waals surface area contributed by atoms with Gasteiger partial charge in [-0.1, -0.05) is 47.1 Å². The fraction of sp³-hybridized carbons (Fsp3) is 0.118. The van der Waals surface area contributed by atoms with Crippen molar-refractivity contribution < 1.29 is 4.79 Å². The molecule has 5 nitrogen and oxygen atoms in total. The van der Waals surface area contributed by atoms with Crippen LogP contribution in [0, 0.1) is 6.92 Å². The highest BCUT2D eigenvalue weighted by atomic mass is 35.5. The first-order valence-corrected chi connectivity index (χ1v) is 8.63. The van der Waals surface area contributed by atoms with Gasteiger partial charge in [-0.15, -0.1) is 10.2 Å². The van der Waals surface area contributed by atoms with E-state index in [0.717, 1.165) is 5.69 Å². The number of aryl methyl sites for hydroxylation is 1. The first-order chi connectivity index (χ1) is 11.6. The van der Waals surface area contributed by atoms with Crippen LogP contribution < -0.4 is 5.32 Å². The van der Waals surface area contributed by atoms with Crippen molar-refractivity contribution in [1.29, 1.82) is 0 Å². The van der Waals surface area contributed by atoms with Crippen molar-refractivity contribution in [3.63, 3.8) is 0 Å². The number of thioether (sulfide) groups is 1. The summed E-state index contributed by atoms with van der Waals surface area (Å²) in [6, 6.07) is 15.1. The second-order valence-electron chi connectivity index (χ2n) is 5.17. The average Bonchev–Trinajstić information content (AvgIpc) is 3.02. The quantitative estimate of drug-likeness (QED) is 0.701. The molecule has 7 heteroatoms. The largest absolute Gasteiger partial charge is 0.325 e. The van der Waals surface area contributed by atoms with E-state index in [1.165, 1.54) is 17.3 Å². The minimum absolute atomic E-state index is 0.124. The maximum atomic E-state index is 12.1. The van der Waals surface area contributed by atoms with Crippen LogP contribution in [-0.2, 0) is 4.79 Å². The van der Waals surface area contributed by atoms with E-state index in [4.69, 9.17) is 11.6 Å². The Balaban J connectivity index is 1.64. The van der Waals surface area contributed by atoms with Gasteiger partial charge in [0.1, 0.15) is 6.33 Å². The summed E-state index contributed by atoms with van der Waals surface area (Å²) in [4.78, 5) is 12.1. The summed E-state index contributed by atoms with van der Waals surface area (Å²) in [5.41, 5.74) is 2.82. The zero-order chi connectivity index (χ0) is 16.9. The zero-order valence-corrected chi connectivity index (χ0v) is 14.5. The van der Waals surface area contributed by atoms with Gasteiger partial charge in [0, 0.05) is 16.4 Å². The van der Waals surface area contributed by atoms with Crippen LogP contribution in [0.15, 0.2) is 60.0 Å². The lowest BCUT2D eigenvalue weighted by Crippen LogP contribution is -2.14. The molecule has 0 spiro atoms. The summed E-state index contributed by atoms with van der Waals surface area (Å²) < 4.78 is 1.86. The third-order valence-corrected chi connectivity index (χ3v) is 4.45. The van der Waals surface area contributed by atoms with Crippen LogP contribution in [0.1, 0.15) is 5.56 Å². The minimum Gasteiger partial charge on any atom is -0.325 e.